The van der Waals surface area contributed by atoms with E-state index < -0.39 is 28.6 Å². The summed E-state index contributed by atoms with van der Waals surface area (Å²) >= 11 is 6.23. The van der Waals surface area contributed by atoms with E-state index in [9.17, 15) is 18.0 Å². The Labute approximate surface area is 158 Å². The Kier molecular flexibility index (Phi) is 5.36. The van der Waals surface area contributed by atoms with Crippen LogP contribution in [-0.2, 0) is 6.54 Å². The van der Waals surface area contributed by atoms with Crippen molar-refractivity contribution in [3.8, 4) is 17.1 Å². The van der Waals surface area contributed by atoms with Crippen LogP contribution in [0, 0.1) is 23.4 Å². The lowest BCUT2D eigenvalue weighted by Gasteiger charge is -2.19. The molecule has 5 nitrogen and oxygen atoms in total. The van der Waals surface area contributed by atoms with E-state index in [2.05, 4.69) is 10.1 Å². The van der Waals surface area contributed by atoms with Crippen molar-refractivity contribution < 1.29 is 13.2 Å². The Morgan fingerprint density at radius 2 is 1.89 bits per heavy atom. The quantitative estimate of drug-likeness (QED) is 0.649. The predicted octanol–water partition coefficient (Wildman–Crippen LogP) is 4.21. The van der Waals surface area contributed by atoms with Crippen LogP contribution in [0.15, 0.2) is 35.4 Å². The highest BCUT2D eigenvalue weighted by atomic mass is 35.5. The van der Waals surface area contributed by atoms with E-state index in [1.807, 2.05) is 13.8 Å². The standard InChI is InChI=1S/C18H16ClF3N4O/c1-3-10(2)9-25-15(14-12(21)7-11(20)8-13(14)22)16(19)24-17(18(25)27)26-6-4-5-23-26/h4-8,10H,3,9H2,1-2H3. The summed E-state index contributed by atoms with van der Waals surface area (Å²) in [6, 6.07) is 2.67. The van der Waals surface area contributed by atoms with Crippen LogP contribution in [0.25, 0.3) is 17.1 Å². The summed E-state index contributed by atoms with van der Waals surface area (Å²) in [4.78, 5) is 17.0. The number of hydrogen-bond donors (Lipinski definition) is 0. The number of hydrogen-bond acceptors (Lipinski definition) is 3. The number of aromatic nitrogens is 4. The summed E-state index contributed by atoms with van der Waals surface area (Å²) in [7, 11) is 0. The highest BCUT2D eigenvalue weighted by molar-refractivity contribution is 6.31. The molecule has 0 aliphatic heterocycles. The molecule has 0 N–H and O–H groups in total. The Hall–Kier alpha value is -2.61. The molecule has 9 heteroatoms. The fourth-order valence-corrected chi connectivity index (χ4v) is 2.97. The number of benzene rings is 1. The molecule has 0 aliphatic rings. The zero-order valence-corrected chi connectivity index (χ0v) is 15.3. The maximum Gasteiger partial charge on any atom is 0.296 e. The van der Waals surface area contributed by atoms with Crippen LogP contribution in [0.1, 0.15) is 20.3 Å². The minimum atomic E-state index is -1.17. The largest absolute Gasteiger partial charge is 0.302 e. The van der Waals surface area contributed by atoms with E-state index in [4.69, 9.17) is 11.6 Å². The van der Waals surface area contributed by atoms with Gasteiger partial charge in [-0.15, -0.1) is 0 Å². The molecule has 2 aromatic heterocycles. The molecule has 0 amide bonds. The first kappa shape index (κ1) is 19.2. The van der Waals surface area contributed by atoms with Crippen LogP contribution in [-0.4, -0.2) is 19.3 Å². The zero-order chi connectivity index (χ0) is 19.7. The summed E-state index contributed by atoms with van der Waals surface area (Å²) in [5.74, 6) is -3.49. The van der Waals surface area contributed by atoms with Crippen molar-refractivity contribution in [1.82, 2.24) is 19.3 Å². The molecule has 0 saturated carbocycles. The van der Waals surface area contributed by atoms with Gasteiger partial charge in [0.2, 0.25) is 5.82 Å². The van der Waals surface area contributed by atoms with Crippen LogP contribution < -0.4 is 5.56 Å². The number of nitrogens with zero attached hydrogens (tertiary/aromatic N) is 4. The third kappa shape index (κ3) is 3.62. The average Bonchev–Trinajstić information content (AvgIpc) is 3.13. The molecule has 0 aliphatic carbocycles. The third-order valence-electron chi connectivity index (χ3n) is 4.26. The molecule has 1 unspecified atom stereocenters. The molecule has 142 valence electrons. The van der Waals surface area contributed by atoms with Gasteiger partial charge in [-0.3, -0.25) is 4.79 Å². The lowest BCUT2D eigenvalue weighted by molar-refractivity contribution is 0.458. The van der Waals surface area contributed by atoms with Crippen molar-refractivity contribution in [2.75, 3.05) is 0 Å². The first-order valence-electron chi connectivity index (χ1n) is 8.28. The molecule has 0 fully saturated rings. The molecule has 1 aromatic carbocycles. The molecule has 0 saturated heterocycles. The van der Waals surface area contributed by atoms with E-state index in [0.717, 1.165) is 6.42 Å². The molecule has 27 heavy (non-hydrogen) atoms. The van der Waals surface area contributed by atoms with Gasteiger partial charge in [0.05, 0.1) is 11.3 Å². The van der Waals surface area contributed by atoms with Crippen LogP contribution >= 0.6 is 11.6 Å². The Morgan fingerprint density at radius 1 is 1.22 bits per heavy atom. The molecule has 3 rings (SSSR count). The summed E-state index contributed by atoms with van der Waals surface area (Å²) < 4.78 is 44.5. The van der Waals surface area contributed by atoms with E-state index >= 15 is 0 Å². The van der Waals surface area contributed by atoms with Gasteiger partial charge in [-0.25, -0.2) is 22.8 Å². The number of halogens is 4. The topological polar surface area (TPSA) is 52.7 Å². The molecular formula is C18H16ClF3N4O. The first-order valence-corrected chi connectivity index (χ1v) is 8.66. The average molecular weight is 397 g/mol. The molecule has 0 spiro atoms. The van der Waals surface area contributed by atoms with Gasteiger partial charge in [0.25, 0.3) is 5.56 Å². The van der Waals surface area contributed by atoms with E-state index in [1.165, 1.54) is 21.6 Å². The molecule has 0 bridgehead atoms. The molecule has 0 radical (unpaired) electrons. The summed E-state index contributed by atoms with van der Waals surface area (Å²) in [6.07, 6.45) is 3.69. The van der Waals surface area contributed by atoms with Gasteiger partial charge in [-0.05, 0) is 12.0 Å². The monoisotopic (exact) mass is 396 g/mol. The van der Waals surface area contributed by atoms with Crippen molar-refractivity contribution in [3.05, 3.63) is 63.6 Å². The smallest absolute Gasteiger partial charge is 0.296 e. The molecule has 3 aromatic rings. The van der Waals surface area contributed by atoms with E-state index in [-0.39, 0.29) is 29.1 Å². The summed E-state index contributed by atoms with van der Waals surface area (Å²) in [5.41, 5.74) is -1.43. The maximum atomic E-state index is 14.4. The SMILES string of the molecule is CCC(C)Cn1c(-c2c(F)cc(F)cc2F)c(Cl)nc(-n2cccn2)c1=O. The fraction of sp³-hybridized carbons (Fsp3) is 0.278. The Bertz CT molecular complexity index is 1010. The summed E-state index contributed by atoms with van der Waals surface area (Å²) in [5, 5.41) is 3.68. The van der Waals surface area contributed by atoms with E-state index in [0.29, 0.717) is 12.1 Å². The zero-order valence-electron chi connectivity index (χ0n) is 14.6. The second kappa shape index (κ2) is 7.56. The van der Waals surface area contributed by atoms with Gasteiger partial charge in [-0.2, -0.15) is 5.10 Å². The minimum absolute atomic E-state index is 0.0111. The van der Waals surface area contributed by atoms with Gasteiger partial charge >= 0.3 is 0 Å². The van der Waals surface area contributed by atoms with Crippen molar-refractivity contribution in [2.45, 2.75) is 26.8 Å². The van der Waals surface area contributed by atoms with Crippen molar-refractivity contribution in [1.29, 1.82) is 0 Å². The van der Waals surface area contributed by atoms with Crippen molar-refractivity contribution in [2.24, 2.45) is 5.92 Å². The van der Waals surface area contributed by atoms with Gasteiger partial charge in [0.15, 0.2) is 5.15 Å². The van der Waals surface area contributed by atoms with Crippen LogP contribution in [0.4, 0.5) is 13.2 Å². The highest BCUT2D eigenvalue weighted by Crippen LogP contribution is 2.32. The third-order valence-corrected chi connectivity index (χ3v) is 4.53. The van der Waals surface area contributed by atoms with Crippen molar-refractivity contribution >= 4 is 11.6 Å². The van der Waals surface area contributed by atoms with Crippen LogP contribution in [0.5, 0.6) is 0 Å². The van der Waals surface area contributed by atoms with Crippen molar-refractivity contribution in [3.63, 3.8) is 0 Å². The second-order valence-electron chi connectivity index (χ2n) is 6.20. The van der Waals surface area contributed by atoms with E-state index in [1.54, 1.807) is 6.07 Å². The molecular weight excluding hydrogens is 381 g/mol. The first-order chi connectivity index (χ1) is 12.8. The minimum Gasteiger partial charge on any atom is -0.302 e. The lowest BCUT2D eigenvalue weighted by atomic mass is 10.1. The van der Waals surface area contributed by atoms with Gasteiger partial charge in [0.1, 0.15) is 17.5 Å². The predicted molar refractivity (Wildman–Crippen MR) is 95.4 cm³/mol. The summed E-state index contributed by atoms with van der Waals surface area (Å²) in [6.45, 7) is 3.96. The fourth-order valence-electron chi connectivity index (χ4n) is 2.69. The van der Waals surface area contributed by atoms with Crippen LogP contribution in [0.3, 0.4) is 0 Å². The number of rotatable bonds is 5. The molecule has 2 heterocycles. The van der Waals surface area contributed by atoms with Gasteiger partial charge in [0, 0.05) is 31.1 Å². The second-order valence-corrected chi connectivity index (χ2v) is 6.56. The Morgan fingerprint density at radius 3 is 2.44 bits per heavy atom. The maximum absolute atomic E-state index is 14.4. The Balaban J connectivity index is 2.34. The van der Waals surface area contributed by atoms with Crippen LogP contribution in [0.2, 0.25) is 5.15 Å². The van der Waals surface area contributed by atoms with Gasteiger partial charge < -0.3 is 4.57 Å². The normalized spacial score (nSPS) is 12.4. The molecule has 1 atom stereocenters. The van der Waals surface area contributed by atoms with Gasteiger partial charge in [-0.1, -0.05) is 31.9 Å². The lowest BCUT2D eigenvalue weighted by Crippen LogP contribution is -2.30. The highest BCUT2D eigenvalue weighted by Gasteiger charge is 2.25.